The Morgan fingerprint density at radius 1 is 1.00 bits per heavy atom. The van der Waals surface area contributed by atoms with E-state index in [-0.39, 0.29) is 28.7 Å². The van der Waals surface area contributed by atoms with E-state index < -0.39 is 17.4 Å². The van der Waals surface area contributed by atoms with Crippen LogP contribution in [-0.2, 0) is 0 Å². The second kappa shape index (κ2) is 6.49. The van der Waals surface area contributed by atoms with Crippen molar-refractivity contribution >= 4 is 5.78 Å². The molecule has 0 heterocycles. The van der Waals surface area contributed by atoms with Crippen molar-refractivity contribution in [3.63, 3.8) is 0 Å². The summed E-state index contributed by atoms with van der Waals surface area (Å²) in [6, 6.07) is 6.65. The molecule has 0 aliphatic rings. The SMILES string of the molecule is CC(C)c1cc(C(=O)c2cccc(F)c2F)cc(C(C)C)c1O. The van der Waals surface area contributed by atoms with Gasteiger partial charge < -0.3 is 5.11 Å². The number of rotatable bonds is 4. The Morgan fingerprint density at radius 3 is 2.00 bits per heavy atom. The van der Waals surface area contributed by atoms with Crippen molar-refractivity contribution in [2.45, 2.75) is 39.5 Å². The lowest BCUT2D eigenvalue weighted by Gasteiger charge is -2.17. The standard InChI is InChI=1S/C19H20F2O2/c1-10(2)14-8-12(9-15(11(3)4)19(14)23)18(22)13-6-5-7-16(20)17(13)21/h5-11,23H,1-4H3. The molecule has 0 aromatic heterocycles. The van der Waals surface area contributed by atoms with Crippen molar-refractivity contribution in [2.24, 2.45) is 0 Å². The van der Waals surface area contributed by atoms with Crippen molar-refractivity contribution in [3.05, 3.63) is 64.2 Å². The Hall–Kier alpha value is -2.23. The first-order valence-electron chi connectivity index (χ1n) is 7.59. The number of benzene rings is 2. The van der Waals surface area contributed by atoms with Gasteiger partial charge in [0.25, 0.3) is 0 Å². The van der Waals surface area contributed by atoms with Gasteiger partial charge in [-0.15, -0.1) is 0 Å². The molecule has 0 radical (unpaired) electrons. The first-order chi connectivity index (χ1) is 10.7. The minimum atomic E-state index is -1.15. The first kappa shape index (κ1) is 17.1. The number of carbonyl (C=O) groups excluding carboxylic acids is 1. The summed E-state index contributed by atoms with van der Waals surface area (Å²) in [5, 5.41) is 10.4. The van der Waals surface area contributed by atoms with Crippen LogP contribution in [0.3, 0.4) is 0 Å². The maximum atomic E-state index is 13.9. The average Bonchev–Trinajstić information content (AvgIpc) is 2.49. The summed E-state index contributed by atoms with van der Waals surface area (Å²) in [6.45, 7) is 7.60. The topological polar surface area (TPSA) is 37.3 Å². The highest BCUT2D eigenvalue weighted by Gasteiger charge is 2.21. The molecular weight excluding hydrogens is 298 g/mol. The van der Waals surface area contributed by atoms with E-state index in [4.69, 9.17) is 0 Å². The van der Waals surface area contributed by atoms with Crippen LogP contribution in [-0.4, -0.2) is 10.9 Å². The largest absolute Gasteiger partial charge is 0.507 e. The average molecular weight is 318 g/mol. The summed E-state index contributed by atoms with van der Waals surface area (Å²) in [5.41, 5.74) is 1.19. The lowest BCUT2D eigenvalue weighted by Crippen LogP contribution is -2.08. The molecule has 4 heteroatoms. The minimum absolute atomic E-state index is 0.00222. The lowest BCUT2D eigenvalue weighted by atomic mass is 9.89. The van der Waals surface area contributed by atoms with E-state index in [1.807, 2.05) is 27.7 Å². The summed E-state index contributed by atoms with van der Waals surface area (Å²) in [7, 11) is 0. The molecule has 2 nitrogen and oxygen atoms in total. The molecule has 0 aliphatic heterocycles. The van der Waals surface area contributed by atoms with Crippen LogP contribution in [0.5, 0.6) is 5.75 Å². The van der Waals surface area contributed by atoms with Crippen LogP contribution in [0.15, 0.2) is 30.3 Å². The highest BCUT2D eigenvalue weighted by molar-refractivity contribution is 6.09. The molecule has 0 fully saturated rings. The molecular formula is C19H20F2O2. The van der Waals surface area contributed by atoms with Gasteiger partial charge in [-0.05, 0) is 47.2 Å². The Morgan fingerprint density at radius 2 is 1.52 bits per heavy atom. The number of aromatic hydroxyl groups is 1. The first-order valence-corrected chi connectivity index (χ1v) is 7.59. The van der Waals surface area contributed by atoms with Gasteiger partial charge in [-0.2, -0.15) is 0 Å². The molecule has 1 N–H and O–H groups in total. The van der Waals surface area contributed by atoms with Gasteiger partial charge in [0.05, 0.1) is 5.56 Å². The number of phenols is 1. The van der Waals surface area contributed by atoms with Gasteiger partial charge in [0.1, 0.15) is 5.75 Å². The molecule has 0 saturated carbocycles. The predicted molar refractivity (Wildman–Crippen MR) is 86.1 cm³/mol. The molecule has 0 aliphatic carbocycles. The van der Waals surface area contributed by atoms with Crippen LogP contribution in [0, 0.1) is 11.6 Å². The van der Waals surface area contributed by atoms with Crippen LogP contribution >= 0.6 is 0 Å². The summed E-state index contributed by atoms with van der Waals surface area (Å²) >= 11 is 0. The van der Waals surface area contributed by atoms with Crippen LogP contribution < -0.4 is 0 Å². The summed E-state index contributed by atoms with van der Waals surface area (Å²) in [4.78, 5) is 12.6. The summed E-state index contributed by atoms with van der Waals surface area (Å²) in [5.74, 6) is -2.64. The van der Waals surface area contributed by atoms with E-state index in [1.54, 1.807) is 12.1 Å². The second-order valence-corrected chi connectivity index (χ2v) is 6.24. The molecule has 2 aromatic carbocycles. The second-order valence-electron chi connectivity index (χ2n) is 6.24. The van der Waals surface area contributed by atoms with Gasteiger partial charge in [0.2, 0.25) is 0 Å². The van der Waals surface area contributed by atoms with Crippen molar-refractivity contribution in [1.29, 1.82) is 0 Å². The molecule has 0 bridgehead atoms. The van der Waals surface area contributed by atoms with Gasteiger partial charge >= 0.3 is 0 Å². The fraction of sp³-hybridized carbons (Fsp3) is 0.316. The highest BCUT2D eigenvalue weighted by Crippen LogP contribution is 2.35. The van der Waals surface area contributed by atoms with Crippen molar-refractivity contribution < 1.29 is 18.7 Å². The van der Waals surface area contributed by atoms with E-state index in [9.17, 15) is 18.7 Å². The van der Waals surface area contributed by atoms with E-state index in [1.165, 1.54) is 12.1 Å². The van der Waals surface area contributed by atoms with E-state index in [0.29, 0.717) is 11.1 Å². The number of phenolic OH excluding ortho intramolecular Hbond substituents is 1. The van der Waals surface area contributed by atoms with E-state index >= 15 is 0 Å². The zero-order chi connectivity index (χ0) is 17.3. The maximum absolute atomic E-state index is 13.9. The Kier molecular flexibility index (Phi) is 4.83. The molecule has 0 atom stereocenters. The third-order valence-corrected chi connectivity index (χ3v) is 3.87. The number of ketones is 1. The van der Waals surface area contributed by atoms with E-state index in [2.05, 4.69) is 0 Å². The van der Waals surface area contributed by atoms with Gasteiger partial charge in [0, 0.05) is 5.56 Å². The Bertz CT molecular complexity index is 720. The molecule has 0 unspecified atom stereocenters. The van der Waals surface area contributed by atoms with E-state index in [0.717, 1.165) is 6.07 Å². The molecule has 0 saturated heterocycles. The highest BCUT2D eigenvalue weighted by atomic mass is 19.2. The van der Waals surface area contributed by atoms with Gasteiger partial charge in [-0.3, -0.25) is 4.79 Å². The van der Waals surface area contributed by atoms with Crippen LogP contribution in [0.1, 0.15) is 66.6 Å². The normalized spacial score (nSPS) is 11.3. The van der Waals surface area contributed by atoms with Gasteiger partial charge in [0.15, 0.2) is 17.4 Å². The molecule has 0 spiro atoms. The Labute approximate surface area is 134 Å². The molecule has 2 aromatic rings. The molecule has 2 rings (SSSR count). The zero-order valence-electron chi connectivity index (χ0n) is 13.7. The van der Waals surface area contributed by atoms with Crippen molar-refractivity contribution in [3.8, 4) is 5.75 Å². The fourth-order valence-electron chi connectivity index (χ4n) is 2.53. The number of halogens is 2. The van der Waals surface area contributed by atoms with Crippen LogP contribution in [0.25, 0.3) is 0 Å². The molecule has 0 amide bonds. The van der Waals surface area contributed by atoms with Crippen molar-refractivity contribution in [1.82, 2.24) is 0 Å². The summed E-state index contributed by atoms with van der Waals surface area (Å²) in [6.07, 6.45) is 0. The van der Waals surface area contributed by atoms with Gasteiger partial charge in [-0.1, -0.05) is 33.8 Å². The third-order valence-electron chi connectivity index (χ3n) is 3.87. The van der Waals surface area contributed by atoms with Crippen LogP contribution in [0.2, 0.25) is 0 Å². The number of hydrogen-bond acceptors (Lipinski definition) is 2. The van der Waals surface area contributed by atoms with Crippen LogP contribution in [0.4, 0.5) is 8.78 Å². The molecule has 122 valence electrons. The summed E-state index contributed by atoms with van der Waals surface area (Å²) < 4.78 is 27.3. The maximum Gasteiger partial charge on any atom is 0.196 e. The molecule has 23 heavy (non-hydrogen) atoms. The third kappa shape index (κ3) is 3.26. The number of hydrogen-bond donors (Lipinski definition) is 1. The monoisotopic (exact) mass is 318 g/mol. The number of carbonyl (C=O) groups is 1. The Balaban J connectivity index is 2.63. The zero-order valence-corrected chi connectivity index (χ0v) is 13.7. The lowest BCUT2D eigenvalue weighted by molar-refractivity contribution is 0.103. The van der Waals surface area contributed by atoms with Gasteiger partial charge in [-0.25, -0.2) is 8.78 Å². The minimum Gasteiger partial charge on any atom is -0.507 e. The smallest absolute Gasteiger partial charge is 0.196 e. The fourth-order valence-corrected chi connectivity index (χ4v) is 2.53. The predicted octanol–water partition coefficient (Wildman–Crippen LogP) is 5.15. The quantitative estimate of drug-likeness (QED) is 0.792. The van der Waals surface area contributed by atoms with Crippen molar-refractivity contribution in [2.75, 3.05) is 0 Å².